The van der Waals surface area contributed by atoms with Gasteiger partial charge in [-0.2, -0.15) is 0 Å². The third-order valence-electron chi connectivity index (χ3n) is 5.10. The van der Waals surface area contributed by atoms with Gasteiger partial charge in [0.25, 0.3) is 0 Å². The van der Waals surface area contributed by atoms with Gasteiger partial charge in [-0.3, -0.25) is 0 Å². The molecule has 0 fully saturated rings. The van der Waals surface area contributed by atoms with Crippen molar-refractivity contribution in [3.05, 3.63) is 126 Å². The highest BCUT2D eigenvalue weighted by atomic mass is 16.3. The number of aromatic amines is 2. The van der Waals surface area contributed by atoms with Crippen molar-refractivity contribution in [1.29, 1.82) is 0 Å². The molecule has 2 heterocycles. The van der Waals surface area contributed by atoms with Crippen molar-refractivity contribution in [1.82, 2.24) is 19.9 Å². The number of benzene rings is 3. The minimum Gasteiger partial charge on any atom is -0.508 e. The first-order chi connectivity index (χ1) is 15.8. The molecule has 0 radical (unpaired) electrons. The molecule has 0 saturated heterocycles. The number of nitrogens with one attached hydrogen (secondary N) is 2. The molecule has 160 valence electrons. The molecule has 2 aromatic heterocycles. The SMILES string of the molecule is Oc1ccccc1Cc1cnc(-c2ccccc2)[nH]1.c1ccc(CCc2ncc[nH]2)cc1. The molecule has 0 aliphatic heterocycles. The highest BCUT2D eigenvalue weighted by Gasteiger charge is 2.06. The van der Waals surface area contributed by atoms with Crippen molar-refractivity contribution in [2.24, 2.45) is 0 Å². The molecule has 0 saturated carbocycles. The first-order valence-electron chi connectivity index (χ1n) is 10.7. The summed E-state index contributed by atoms with van der Waals surface area (Å²) in [6.07, 6.45) is 8.15. The monoisotopic (exact) mass is 422 g/mol. The fourth-order valence-electron chi connectivity index (χ4n) is 3.40. The van der Waals surface area contributed by atoms with Crippen molar-refractivity contribution in [3.8, 4) is 17.1 Å². The lowest BCUT2D eigenvalue weighted by molar-refractivity contribution is 0.469. The maximum atomic E-state index is 9.76. The Morgan fingerprint density at radius 3 is 2.19 bits per heavy atom. The van der Waals surface area contributed by atoms with Crippen LogP contribution in [0.3, 0.4) is 0 Å². The maximum Gasteiger partial charge on any atom is 0.137 e. The van der Waals surface area contributed by atoms with E-state index in [0.717, 1.165) is 41.3 Å². The lowest BCUT2D eigenvalue weighted by Crippen LogP contribution is -1.92. The Labute approximate surface area is 187 Å². The van der Waals surface area contributed by atoms with Crippen molar-refractivity contribution in [2.75, 3.05) is 0 Å². The number of hydrogen-bond donors (Lipinski definition) is 3. The number of aryl methyl sites for hydroxylation is 2. The van der Waals surface area contributed by atoms with Gasteiger partial charge in [0.05, 0.1) is 0 Å². The number of para-hydroxylation sites is 1. The highest BCUT2D eigenvalue weighted by molar-refractivity contribution is 5.55. The number of phenolic OH excluding ortho intramolecular Hbond substituents is 1. The summed E-state index contributed by atoms with van der Waals surface area (Å²) in [7, 11) is 0. The van der Waals surface area contributed by atoms with Crippen LogP contribution in [0.25, 0.3) is 11.4 Å². The van der Waals surface area contributed by atoms with Crippen LogP contribution in [0, 0.1) is 0 Å². The summed E-state index contributed by atoms with van der Waals surface area (Å²) < 4.78 is 0. The third kappa shape index (κ3) is 5.95. The lowest BCUT2D eigenvalue weighted by Gasteiger charge is -2.01. The smallest absolute Gasteiger partial charge is 0.137 e. The molecule has 5 nitrogen and oxygen atoms in total. The summed E-state index contributed by atoms with van der Waals surface area (Å²) in [5, 5.41) is 9.76. The summed E-state index contributed by atoms with van der Waals surface area (Å²) in [4.78, 5) is 14.9. The van der Waals surface area contributed by atoms with Crippen molar-refractivity contribution in [3.63, 3.8) is 0 Å². The Bertz CT molecular complexity index is 1200. The van der Waals surface area contributed by atoms with Crippen LogP contribution in [-0.2, 0) is 19.3 Å². The van der Waals surface area contributed by atoms with Gasteiger partial charge in [0.15, 0.2) is 0 Å². The molecule has 0 unspecified atom stereocenters. The van der Waals surface area contributed by atoms with Gasteiger partial charge in [0, 0.05) is 42.7 Å². The molecule has 0 amide bonds. The normalized spacial score (nSPS) is 10.4. The van der Waals surface area contributed by atoms with Gasteiger partial charge in [-0.05, 0) is 23.6 Å². The molecule has 5 heteroatoms. The number of aromatic hydroxyl groups is 1. The Hall–Kier alpha value is -4.12. The van der Waals surface area contributed by atoms with E-state index in [-0.39, 0.29) is 0 Å². The van der Waals surface area contributed by atoms with Crippen molar-refractivity contribution < 1.29 is 5.11 Å². The van der Waals surface area contributed by atoms with E-state index < -0.39 is 0 Å². The van der Waals surface area contributed by atoms with Crippen LogP contribution in [0.5, 0.6) is 5.75 Å². The number of aromatic nitrogens is 4. The average Bonchev–Trinajstić information content (AvgIpc) is 3.53. The standard InChI is InChI=1S/C16H14N2O.C11H12N2/c19-15-9-5-4-8-13(15)10-14-11-17-16(18-14)12-6-2-1-3-7-12;1-2-4-10(5-3-1)6-7-11-12-8-9-13-11/h1-9,11,19H,10H2,(H,17,18);1-5,8-9H,6-7H2,(H,12,13). The van der Waals surface area contributed by atoms with Crippen LogP contribution in [-0.4, -0.2) is 25.0 Å². The van der Waals surface area contributed by atoms with Gasteiger partial charge in [-0.1, -0.05) is 78.9 Å². The maximum absolute atomic E-state index is 9.76. The largest absolute Gasteiger partial charge is 0.508 e. The second kappa shape index (κ2) is 10.8. The zero-order valence-corrected chi connectivity index (χ0v) is 17.8. The zero-order chi connectivity index (χ0) is 22.0. The van der Waals surface area contributed by atoms with Gasteiger partial charge in [0.1, 0.15) is 17.4 Å². The van der Waals surface area contributed by atoms with Crippen LogP contribution in [0.2, 0.25) is 0 Å². The summed E-state index contributed by atoms with van der Waals surface area (Å²) >= 11 is 0. The van der Waals surface area contributed by atoms with E-state index >= 15 is 0 Å². The molecule has 0 bridgehead atoms. The molecule has 3 N–H and O–H groups in total. The Morgan fingerprint density at radius 2 is 1.47 bits per heavy atom. The van der Waals surface area contributed by atoms with E-state index in [0.29, 0.717) is 12.2 Å². The summed E-state index contributed by atoms with van der Waals surface area (Å²) in [5.74, 6) is 2.23. The fourth-order valence-corrected chi connectivity index (χ4v) is 3.40. The Morgan fingerprint density at radius 1 is 0.750 bits per heavy atom. The second-order valence-corrected chi connectivity index (χ2v) is 7.45. The summed E-state index contributed by atoms with van der Waals surface area (Å²) in [6.45, 7) is 0. The number of hydrogen-bond acceptors (Lipinski definition) is 3. The van der Waals surface area contributed by atoms with E-state index in [1.54, 1.807) is 12.3 Å². The topological polar surface area (TPSA) is 77.6 Å². The van der Waals surface area contributed by atoms with Gasteiger partial charge >= 0.3 is 0 Å². The van der Waals surface area contributed by atoms with Gasteiger partial charge in [0.2, 0.25) is 0 Å². The van der Waals surface area contributed by atoms with Gasteiger partial charge in [-0.15, -0.1) is 0 Å². The molecule has 0 aliphatic rings. The van der Waals surface area contributed by atoms with Gasteiger partial charge in [-0.25, -0.2) is 9.97 Å². The van der Waals surface area contributed by atoms with E-state index in [1.807, 2.05) is 67.0 Å². The molecule has 32 heavy (non-hydrogen) atoms. The predicted molar refractivity (Wildman–Crippen MR) is 127 cm³/mol. The number of imidazole rings is 2. The molecule has 5 aromatic rings. The number of rotatable bonds is 6. The minimum absolute atomic E-state index is 0.318. The van der Waals surface area contributed by atoms with Gasteiger partial charge < -0.3 is 15.1 Å². The van der Waals surface area contributed by atoms with E-state index in [1.165, 1.54) is 5.56 Å². The molecular formula is C27H26N4O. The Balaban J connectivity index is 0.000000165. The average molecular weight is 423 g/mol. The lowest BCUT2D eigenvalue weighted by atomic mass is 10.1. The molecule has 0 aliphatic carbocycles. The van der Waals surface area contributed by atoms with Crippen LogP contribution >= 0.6 is 0 Å². The molecular weight excluding hydrogens is 396 g/mol. The zero-order valence-electron chi connectivity index (χ0n) is 17.8. The van der Waals surface area contributed by atoms with Crippen LogP contribution in [0.4, 0.5) is 0 Å². The van der Waals surface area contributed by atoms with Crippen LogP contribution < -0.4 is 0 Å². The van der Waals surface area contributed by atoms with Crippen molar-refractivity contribution >= 4 is 0 Å². The van der Waals surface area contributed by atoms with Crippen LogP contribution in [0.15, 0.2) is 104 Å². The molecule has 5 rings (SSSR count). The van der Waals surface area contributed by atoms with E-state index in [4.69, 9.17) is 0 Å². The quantitative estimate of drug-likeness (QED) is 0.335. The third-order valence-corrected chi connectivity index (χ3v) is 5.10. The molecule has 3 aromatic carbocycles. The second-order valence-electron chi connectivity index (χ2n) is 7.45. The molecule has 0 spiro atoms. The van der Waals surface area contributed by atoms with E-state index in [2.05, 4.69) is 44.2 Å². The first-order valence-corrected chi connectivity index (χ1v) is 10.7. The summed E-state index contributed by atoms with van der Waals surface area (Å²) in [5.41, 5.74) is 4.30. The highest BCUT2D eigenvalue weighted by Crippen LogP contribution is 2.21. The van der Waals surface area contributed by atoms with Crippen LogP contribution in [0.1, 0.15) is 22.6 Å². The molecule has 0 atom stereocenters. The summed E-state index contributed by atoms with van der Waals surface area (Å²) in [6, 6.07) is 27.8. The fraction of sp³-hybridized carbons (Fsp3) is 0.111. The number of phenols is 1. The first kappa shape index (κ1) is 21.1. The minimum atomic E-state index is 0.318. The predicted octanol–water partition coefficient (Wildman–Crippen LogP) is 5.57. The van der Waals surface area contributed by atoms with Crippen molar-refractivity contribution in [2.45, 2.75) is 19.3 Å². The van der Waals surface area contributed by atoms with E-state index in [9.17, 15) is 5.11 Å². The number of H-pyrrole nitrogens is 2. The number of nitrogens with zero attached hydrogens (tertiary/aromatic N) is 2. The Kier molecular flexibility index (Phi) is 7.11.